The third-order valence-electron chi connectivity index (χ3n) is 5.49. The number of thioether (sulfide) groups is 2. The van der Waals surface area contributed by atoms with Gasteiger partial charge in [-0.1, -0.05) is 23.9 Å². The normalized spacial score (nSPS) is 12.2. The Labute approximate surface area is 212 Å². The maximum Gasteiger partial charge on any atom is 0.272 e. The van der Waals surface area contributed by atoms with Crippen molar-refractivity contribution >= 4 is 29.4 Å². The summed E-state index contributed by atoms with van der Waals surface area (Å²) in [5, 5.41) is 3.44. The van der Waals surface area contributed by atoms with Crippen LogP contribution in [0.3, 0.4) is 0 Å². The Morgan fingerprint density at radius 3 is 2.71 bits per heavy atom. The highest BCUT2D eigenvalue weighted by Gasteiger charge is 2.23. The lowest BCUT2D eigenvalue weighted by Crippen LogP contribution is -2.28. The molecule has 184 valence electrons. The van der Waals surface area contributed by atoms with E-state index >= 15 is 0 Å². The first kappa shape index (κ1) is 25.0. The number of carbonyl (C=O) groups is 1. The Bertz CT molecular complexity index is 1280. The van der Waals surface area contributed by atoms with Gasteiger partial charge in [-0.15, -0.1) is 11.8 Å². The number of hydrogen-bond acceptors (Lipinski definition) is 8. The van der Waals surface area contributed by atoms with Crippen molar-refractivity contribution < 1.29 is 19.0 Å². The molecule has 1 aliphatic heterocycles. The van der Waals surface area contributed by atoms with Gasteiger partial charge in [0.2, 0.25) is 5.91 Å². The van der Waals surface area contributed by atoms with Crippen LogP contribution in [0.5, 0.6) is 17.2 Å². The smallest absolute Gasteiger partial charge is 0.272 e. The van der Waals surface area contributed by atoms with Crippen LogP contribution in [0.2, 0.25) is 0 Å². The van der Waals surface area contributed by atoms with Crippen molar-refractivity contribution in [2.75, 3.05) is 39.4 Å². The molecule has 0 fully saturated rings. The molecule has 4 rings (SSSR count). The number of fused-ring (bicyclic) bond motifs is 1. The largest absolute Gasteiger partial charge is 0.497 e. The van der Waals surface area contributed by atoms with Gasteiger partial charge in [0, 0.05) is 24.8 Å². The molecule has 3 aromatic rings. The maximum absolute atomic E-state index is 13.3. The number of aromatic nitrogens is 2. The van der Waals surface area contributed by atoms with Crippen LogP contribution in [0.4, 0.5) is 0 Å². The molecule has 35 heavy (non-hydrogen) atoms. The Morgan fingerprint density at radius 1 is 1.11 bits per heavy atom. The summed E-state index contributed by atoms with van der Waals surface area (Å²) < 4.78 is 17.5. The minimum absolute atomic E-state index is 0.109. The first-order chi connectivity index (χ1) is 17.0. The monoisotopic (exact) mass is 513 g/mol. The highest BCUT2D eigenvalue weighted by Crippen LogP contribution is 2.31. The zero-order valence-electron chi connectivity index (χ0n) is 19.8. The number of amides is 1. The zero-order chi connectivity index (χ0) is 24.8. The van der Waals surface area contributed by atoms with E-state index in [2.05, 4.69) is 5.32 Å². The van der Waals surface area contributed by atoms with Gasteiger partial charge in [-0.25, -0.2) is 4.98 Å². The molecule has 0 aliphatic carbocycles. The number of carbonyl (C=O) groups excluding carboxylic acids is 1. The summed E-state index contributed by atoms with van der Waals surface area (Å²) in [6.45, 7) is 0.478. The number of nitrogens with one attached hydrogen (secondary N) is 1. The van der Waals surface area contributed by atoms with Crippen LogP contribution < -0.4 is 25.1 Å². The molecule has 0 spiro atoms. The zero-order valence-corrected chi connectivity index (χ0v) is 21.5. The lowest BCUT2D eigenvalue weighted by molar-refractivity contribution is -0.118. The molecule has 0 radical (unpaired) electrons. The number of hydrogen-bond donors (Lipinski definition) is 1. The van der Waals surface area contributed by atoms with E-state index < -0.39 is 0 Å². The molecule has 0 bridgehead atoms. The summed E-state index contributed by atoms with van der Waals surface area (Å²) in [6.07, 6.45) is 1.40. The lowest BCUT2D eigenvalue weighted by atomic mass is 10.1. The fourth-order valence-electron chi connectivity index (χ4n) is 3.73. The van der Waals surface area contributed by atoms with Crippen LogP contribution in [0, 0.1) is 0 Å². The molecular formula is C25H27N3O5S2. The second kappa shape index (κ2) is 11.5. The molecule has 2 aromatic carbocycles. The molecule has 10 heteroatoms. The Morgan fingerprint density at radius 2 is 1.94 bits per heavy atom. The van der Waals surface area contributed by atoms with Crippen LogP contribution in [-0.4, -0.2) is 54.8 Å². The maximum atomic E-state index is 13.3. The molecular weight excluding hydrogens is 486 g/mol. The molecule has 0 atom stereocenters. The van der Waals surface area contributed by atoms with E-state index in [4.69, 9.17) is 19.2 Å². The van der Waals surface area contributed by atoms with Gasteiger partial charge >= 0.3 is 0 Å². The molecule has 1 amide bonds. The van der Waals surface area contributed by atoms with Crippen LogP contribution >= 0.6 is 23.5 Å². The van der Waals surface area contributed by atoms with E-state index in [0.717, 1.165) is 23.4 Å². The number of ether oxygens (including phenoxy) is 3. The summed E-state index contributed by atoms with van der Waals surface area (Å²) >= 11 is 2.78. The first-order valence-corrected chi connectivity index (χ1v) is 13.0. The third kappa shape index (κ3) is 5.76. The average molecular weight is 514 g/mol. The van der Waals surface area contributed by atoms with Crippen molar-refractivity contribution in [1.29, 1.82) is 0 Å². The molecule has 1 aromatic heterocycles. The Hall–Kier alpha value is -3.11. The van der Waals surface area contributed by atoms with Crippen molar-refractivity contribution in [2.45, 2.75) is 22.9 Å². The third-order valence-corrected chi connectivity index (χ3v) is 7.54. The van der Waals surface area contributed by atoms with Crippen LogP contribution in [0.25, 0.3) is 5.69 Å². The Balaban J connectivity index is 1.44. The van der Waals surface area contributed by atoms with Gasteiger partial charge in [0.15, 0.2) is 16.7 Å². The number of rotatable bonds is 10. The predicted molar refractivity (Wildman–Crippen MR) is 138 cm³/mol. The summed E-state index contributed by atoms with van der Waals surface area (Å²) in [6, 6.07) is 13.0. The summed E-state index contributed by atoms with van der Waals surface area (Å²) in [5.41, 5.74) is 2.38. The molecule has 0 saturated heterocycles. The summed E-state index contributed by atoms with van der Waals surface area (Å²) in [7, 11) is 4.77. The molecule has 8 nitrogen and oxygen atoms in total. The topological polar surface area (TPSA) is 91.7 Å². The van der Waals surface area contributed by atoms with Gasteiger partial charge < -0.3 is 19.5 Å². The van der Waals surface area contributed by atoms with Crippen LogP contribution in [0.15, 0.2) is 57.3 Å². The van der Waals surface area contributed by atoms with Gasteiger partial charge in [0.05, 0.1) is 43.4 Å². The molecule has 1 aliphatic rings. The van der Waals surface area contributed by atoms with Crippen molar-refractivity contribution in [3.8, 4) is 22.9 Å². The lowest BCUT2D eigenvalue weighted by Gasteiger charge is -2.14. The molecule has 0 saturated carbocycles. The number of nitrogens with zero attached hydrogens (tertiary/aromatic N) is 2. The quantitative estimate of drug-likeness (QED) is 0.326. The Kier molecular flexibility index (Phi) is 8.25. The summed E-state index contributed by atoms with van der Waals surface area (Å²) in [4.78, 5) is 31.3. The molecule has 1 N–H and O–H groups in total. The van der Waals surface area contributed by atoms with Crippen molar-refractivity contribution in [3.05, 3.63) is 64.1 Å². The number of benzene rings is 2. The second-order valence-corrected chi connectivity index (χ2v) is 9.74. The van der Waals surface area contributed by atoms with E-state index in [1.165, 1.54) is 23.5 Å². The van der Waals surface area contributed by atoms with E-state index in [9.17, 15) is 9.59 Å². The van der Waals surface area contributed by atoms with E-state index in [-0.39, 0.29) is 17.2 Å². The van der Waals surface area contributed by atoms with Gasteiger partial charge in [-0.05, 0) is 36.2 Å². The van der Waals surface area contributed by atoms with Crippen molar-refractivity contribution in [3.63, 3.8) is 0 Å². The SMILES string of the molecule is COc1cccc(-n2c(SCC(=O)NCCc3ccc(OC)c(OC)c3)nc3c(c2=O)SCC3)c1. The average Bonchev–Trinajstić information content (AvgIpc) is 3.36. The first-order valence-electron chi connectivity index (χ1n) is 11.1. The predicted octanol–water partition coefficient (Wildman–Crippen LogP) is 3.36. The fourth-order valence-corrected chi connectivity index (χ4v) is 5.61. The van der Waals surface area contributed by atoms with Crippen LogP contribution in [0.1, 0.15) is 11.3 Å². The van der Waals surface area contributed by atoms with Gasteiger partial charge in [0.25, 0.3) is 5.56 Å². The van der Waals surface area contributed by atoms with E-state index in [0.29, 0.717) is 46.0 Å². The fraction of sp³-hybridized carbons (Fsp3) is 0.320. The highest BCUT2D eigenvalue weighted by molar-refractivity contribution is 8.00. The van der Waals surface area contributed by atoms with E-state index in [1.54, 1.807) is 32.0 Å². The minimum Gasteiger partial charge on any atom is -0.497 e. The number of aryl methyl sites for hydroxylation is 1. The number of methoxy groups -OCH3 is 3. The molecule has 2 heterocycles. The highest BCUT2D eigenvalue weighted by atomic mass is 32.2. The van der Waals surface area contributed by atoms with Crippen molar-refractivity contribution in [2.24, 2.45) is 0 Å². The molecule has 0 unspecified atom stereocenters. The van der Waals surface area contributed by atoms with E-state index in [1.807, 2.05) is 36.4 Å². The summed E-state index contributed by atoms with van der Waals surface area (Å²) in [5.74, 6) is 2.82. The van der Waals surface area contributed by atoms with Gasteiger partial charge in [-0.2, -0.15) is 0 Å². The van der Waals surface area contributed by atoms with Gasteiger partial charge in [0.1, 0.15) is 5.75 Å². The van der Waals surface area contributed by atoms with Crippen molar-refractivity contribution in [1.82, 2.24) is 14.9 Å². The van der Waals surface area contributed by atoms with Gasteiger partial charge in [-0.3, -0.25) is 14.2 Å². The van der Waals surface area contributed by atoms with Crippen LogP contribution in [-0.2, 0) is 17.6 Å². The minimum atomic E-state index is -0.128. The second-order valence-electron chi connectivity index (χ2n) is 7.69. The standard InChI is InChI=1S/C25H27N3O5S2/c1-31-18-6-4-5-17(14-18)28-24(30)23-19(10-12-34-23)27-25(28)35-15-22(29)26-11-9-16-7-8-20(32-2)21(13-16)33-3/h4-8,13-14H,9-12,15H2,1-3H3,(H,26,29).